The molecule has 0 aromatic carbocycles. The van der Waals surface area contributed by atoms with Crippen LogP contribution in [0.15, 0.2) is 0 Å². The molecule has 7 heteroatoms. The average Bonchev–Trinajstić information content (AvgIpc) is 2.62. The number of halogens is 1. The Balaban J connectivity index is 1.92. The third-order valence-corrected chi connectivity index (χ3v) is 5.26. The molecule has 17 heavy (non-hydrogen) atoms. The third kappa shape index (κ3) is 3.33. The molecular formula is C10H16ClNO4S. The van der Waals surface area contributed by atoms with Crippen LogP contribution >= 0.6 is 10.7 Å². The number of hydrogen-bond acceptors (Lipinski definition) is 4. The maximum atomic E-state index is 11.7. The molecule has 98 valence electrons. The second-order valence-electron chi connectivity index (χ2n) is 4.66. The normalized spacial score (nSPS) is 27.7. The summed E-state index contributed by atoms with van der Waals surface area (Å²) in [6.45, 7) is 2.32. The van der Waals surface area contributed by atoms with Crippen LogP contribution in [-0.4, -0.2) is 50.8 Å². The lowest BCUT2D eigenvalue weighted by molar-refractivity contribution is -0.128. The molecule has 2 aliphatic heterocycles. The van der Waals surface area contributed by atoms with Gasteiger partial charge in [0.15, 0.2) is 0 Å². The van der Waals surface area contributed by atoms with E-state index in [0.29, 0.717) is 12.5 Å². The maximum Gasteiger partial charge on any atom is 0.237 e. The van der Waals surface area contributed by atoms with Gasteiger partial charge in [0.25, 0.3) is 0 Å². The van der Waals surface area contributed by atoms with Crippen molar-refractivity contribution in [3.63, 3.8) is 0 Å². The van der Waals surface area contributed by atoms with Gasteiger partial charge in [-0.05, 0) is 18.8 Å². The first kappa shape index (κ1) is 13.1. The minimum absolute atomic E-state index is 0.0229. The summed E-state index contributed by atoms with van der Waals surface area (Å²) < 4.78 is 27.6. The summed E-state index contributed by atoms with van der Waals surface area (Å²) in [5.41, 5.74) is 0. The highest BCUT2D eigenvalue weighted by molar-refractivity contribution is 8.14. The van der Waals surface area contributed by atoms with Gasteiger partial charge in [-0.1, -0.05) is 0 Å². The molecule has 2 saturated heterocycles. The average molecular weight is 282 g/mol. The summed E-state index contributed by atoms with van der Waals surface area (Å²) in [5, 5.41) is -0.739. The summed E-state index contributed by atoms with van der Waals surface area (Å²) in [4.78, 5) is 13.3. The van der Waals surface area contributed by atoms with Crippen molar-refractivity contribution in [2.45, 2.75) is 24.5 Å². The molecule has 1 unspecified atom stereocenters. The van der Waals surface area contributed by atoms with Gasteiger partial charge in [-0.15, -0.1) is 0 Å². The van der Waals surface area contributed by atoms with Gasteiger partial charge < -0.3 is 9.64 Å². The Bertz CT molecular complexity index is 391. The highest BCUT2D eigenvalue weighted by Gasteiger charge is 2.38. The van der Waals surface area contributed by atoms with Gasteiger partial charge in [0.05, 0.1) is 0 Å². The zero-order chi connectivity index (χ0) is 12.5. The predicted octanol–water partition coefficient (Wildman–Crippen LogP) is 0.582. The van der Waals surface area contributed by atoms with Crippen molar-refractivity contribution in [2.75, 3.05) is 26.3 Å². The predicted molar refractivity (Wildman–Crippen MR) is 63.3 cm³/mol. The van der Waals surface area contributed by atoms with Gasteiger partial charge in [-0.25, -0.2) is 8.42 Å². The molecule has 2 aliphatic rings. The first-order valence-corrected chi connectivity index (χ1v) is 8.13. The summed E-state index contributed by atoms with van der Waals surface area (Å²) >= 11 is 0. The third-order valence-electron chi connectivity index (χ3n) is 3.40. The second-order valence-corrected chi connectivity index (χ2v) is 7.56. The van der Waals surface area contributed by atoms with Crippen molar-refractivity contribution in [1.29, 1.82) is 0 Å². The molecule has 0 N–H and O–H groups in total. The Labute approximate surface area is 105 Å². The number of carbonyl (C=O) groups is 1. The first-order valence-electron chi connectivity index (χ1n) is 5.76. The molecule has 0 aromatic heterocycles. The van der Waals surface area contributed by atoms with Crippen LogP contribution in [-0.2, 0) is 18.6 Å². The molecule has 5 nitrogen and oxygen atoms in total. The Kier molecular flexibility index (Phi) is 3.95. The molecule has 0 saturated carbocycles. The van der Waals surface area contributed by atoms with Crippen molar-refractivity contribution < 1.29 is 17.9 Å². The van der Waals surface area contributed by atoms with Gasteiger partial charge in [-0.3, -0.25) is 4.79 Å². The number of rotatable bonds is 3. The number of amides is 1. The van der Waals surface area contributed by atoms with Gasteiger partial charge in [0.1, 0.15) is 5.25 Å². The van der Waals surface area contributed by atoms with E-state index >= 15 is 0 Å². The quantitative estimate of drug-likeness (QED) is 0.710. The maximum absolute atomic E-state index is 11.7. The van der Waals surface area contributed by atoms with E-state index in [1.807, 2.05) is 0 Å². The van der Waals surface area contributed by atoms with Crippen LogP contribution in [0.25, 0.3) is 0 Å². The van der Waals surface area contributed by atoms with Crippen LogP contribution in [0.5, 0.6) is 0 Å². The van der Waals surface area contributed by atoms with Crippen molar-refractivity contribution in [3.05, 3.63) is 0 Å². The van der Waals surface area contributed by atoms with E-state index in [4.69, 9.17) is 15.4 Å². The molecule has 2 heterocycles. The van der Waals surface area contributed by atoms with Crippen molar-refractivity contribution in [2.24, 2.45) is 5.92 Å². The van der Waals surface area contributed by atoms with Crippen LogP contribution < -0.4 is 0 Å². The summed E-state index contributed by atoms with van der Waals surface area (Å²) in [6.07, 6.45) is 1.89. The highest BCUT2D eigenvalue weighted by atomic mass is 35.7. The number of hydrogen-bond donors (Lipinski definition) is 0. The molecule has 0 radical (unpaired) electrons. The van der Waals surface area contributed by atoms with Crippen LogP contribution in [0.3, 0.4) is 0 Å². The lowest BCUT2D eigenvalue weighted by Gasteiger charge is -2.26. The SMILES string of the molecule is O=C1CC(S(=O)(=O)Cl)CN1CC1CCOCC1. The second kappa shape index (κ2) is 5.12. The van der Waals surface area contributed by atoms with E-state index in [1.54, 1.807) is 4.90 Å². The summed E-state index contributed by atoms with van der Waals surface area (Å²) in [5.74, 6) is 0.315. The van der Waals surface area contributed by atoms with Crippen LogP contribution in [0.2, 0.25) is 0 Å². The molecule has 0 aliphatic carbocycles. The topological polar surface area (TPSA) is 63.7 Å². The fourth-order valence-electron chi connectivity index (χ4n) is 2.34. The Hall–Kier alpha value is -0.330. The lowest BCUT2D eigenvalue weighted by Crippen LogP contribution is -2.34. The van der Waals surface area contributed by atoms with E-state index < -0.39 is 14.3 Å². The Morgan fingerprint density at radius 3 is 2.53 bits per heavy atom. The number of likely N-dealkylation sites (tertiary alicyclic amines) is 1. The number of nitrogens with zero attached hydrogens (tertiary/aromatic N) is 1. The van der Waals surface area contributed by atoms with Gasteiger partial charge in [-0.2, -0.15) is 0 Å². The number of ether oxygens (including phenoxy) is 1. The zero-order valence-corrected chi connectivity index (χ0v) is 11.0. The molecule has 0 bridgehead atoms. The first-order chi connectivity index (χ1) is 7.97. The van der Waals surface area contributed by atoms with Crippen molar-refractivity contribution >= 4 is 25.6 Å². The van der Waals surface area contributed by atoms with E-state index in [1.165, 1.54) is 0 Å². The van der Waals surface area contributed by atoms with Crippen molar-refractivity contribution in [1.82, 2.24) is 4.90 Å². The van der Waals surface area contributed by atoms with E-state index in [-0.39, 0.29) is 18.9 Å². The molecule has 0 aromatic rings. The molecule has 2 rings (SSSR count). The zero-order valence-electron chi connectivity index (χ0n) is 9.47. The molecule has 2 fully saturated rings. The largest absolute Gasteiger partial charge is 0.381 e. The molecular weight excluding hydrogens is 266 g/mol. The van der Waals surface area contributed by atoms with E-state index in [2.05, 4.69) is 0 Å². The van der Waals surface area contributed by atoms with Crippen molar-refractivity contribution in [3.8, 4) is 0 Å². The standard InChI is InChI=1S/C10H16ClNO4S/c11-17(14,15)9-5-10(13)12(7-9)6-8-1-3-16-4-2-8/h8-9H,1-7H2. The fourth-order valence-corrected chi connectivity index (χ4v) is 3.40. The molecule has 0 spiro atoms. The highest BCUT2D eigenvalue weighted by Crippen LogP contribution is 2.24. The van der Waals surface area contributed by atoms with Crippen LogP contribution in [0, 0.1) is 5.92 Å². The fraction of sp³-hybridized carbons (Fsp3) is 0.900. The molecule has 1 amide bonds. The minimum Gasteiger partial charge on any atom is -0.381 e. The Morgan fingerprint density at radius 2 is 2.00 bits per heavy atom. The summed E-state index contributed by atoms with van der Waals surface area (Å²) in [7, 11) is 1.66. The monoisotopic (exact) mass is 281 g/mol. The summed E-state index contributed by atoms with van der Waals surface area (Å²) in [6, 6.07) is 0. The van der Waals surface area contributed by atoms with Gasteiger partial charge in [0, 0.05) is 43.4 Å². The van der Waals surface area contributed by atoms with E-state index in [9.17, 15) is 13.2 Å². The molecule has 1 atom stereocenters. The smallest absolute Gasteiger partial charge is 0.237 e. The number of carbonyl (C=O) groups excluding carboxylic acids is 1. The van der Waals surface area contributed by atoms with E-state index in [0.717, 1.165) is 26.1 Å². The minimum atomic E-state index is -3.62. The van der Waals surface area contributed by atoms with Crippen LogP contribution in [0.4, 0.5) is 0 Å². The van der Waals surface area contributed by atoms with Gasteiger partial charge >= 0.3 is 0 Å². The Morgan fingerprint density at radius 1 is 1.35 bits per heavy atom. The van der Waals surface area contributed by atoms with Crippen LogP contribution in [0.1, 0.15) is 19.3 Å². The lowest BCUT2D eigenvalue weighted by atomic mass is 10.00. The van der Waals surface area contributed by atoms with Gasteiger partial charge in [0.2, 0.25) is 15.0 Å².